The van der Waals surface area contributed by atoms with Crippen molar-refractivity contribution in [1.29, 1.82) is 0 Å². The van der Waals surface area contributed by atoms with Gasteiger partial charge < -0.3 is 14.8 Å². The fraction of sp³-hybridized carbons (Fsp3) is 0.444. The van der Waals surface area contributed by atoms with Crippen LogP contribution in [-0.2, 0) is 17.8 Å². The Morgan fingerprint density at radius 3 is 2.71 bits per heavy atom. The van der Waals surface area contributed by atoms with Gasteiger partial charge in [0.1, 0.15) is 0 Å². The number of H-pyrrole nitrogens is 1. The standard InChI is InChI=1S/C18H25ClN4O/c1-14-17(21-13-20-14)12-23(10-9-22(2)3)18(24)8-7-15-5-4-6-16(19)11-15/h4-6,11,13H,7-10,12H2,1-3H3,(H,20,21). The van der Waals surface area contributed by atoms with E-state index < -0.39 is 0 Å². The van der Waals surface area contributed by atoms with Crippen molar-refractivity contribution in [3.63, 3.8) is 0 Å². The predicted molar refractivity (Wildman–Crippen MR) is 97.1 cm³/mol. The van der Waals surface area contributed by atoms with Gasteiger partial charge in [0, 0.05) is 30.2 Å². The van der Waals surface area contributed by atoms with E-state index in [1.807, 2.05) is 50.2 Å². The molecule has 5 nitrogen and oxygen atoms in total. The summed E-state index contributed by atoms with van der Waals surface area (Å²) in [6.45, 7) is 4.03. The van der Waals surface area contributed by atoms with Gasteiger partial charge in [-0.15, -0.1) is 0 Å². The van der Waals surface area contributed by atoms with Crippen LogP contribution in [0.1, 0.15) is 23.4 Å². The zero-order valence-electron chi connectivity index (χ0n) is 14.6. The van der Waals surface area contributed by atoms with Crippen molar-refractivity contribution in [1.82, 2.24) is 19.8 Å². The van der Waals surface area contributed by atoms with Crippen LogP contribution in [0.5, 0.6) is 0 Å². The monoisotopic (exact) mass is 348 g/mol. The van der Waals surface area contributed by atoms with Crippen molar-refractivity contribution < 1.29 is 4.79 Å². The second-order valence-corrected chi connectivity index (χ2v) is 6.66. The zero-order chi connectivity index (χ0) is 17.5. The topological polar surface area (TPSA) is 52.2 Å². The number of nitrogens with one attached hydrogen (secondary N) is 1. The number of aryl methyl sites for hydroxylation is 2. The highest BCUT2D eigenvalue weighted by molar-refractivity contribution is 6.30. The highest BCUT2D eigenvalue weighted by atomic mass is 35.5. The molecule has 2 aromatic rings. The zero-order valence-corrected chi connectivity index (χ0v) is 15.3. The quantitative estimate of drug-likeness (QED) is 0.798. The first-order chi connectivity index (χ1) is 11.5. The summed E-state index contributed by atoms with van der Waals surface area (Å²) in [5.41, 5.74) is 3.01. The molecular formula is C18H25ClN4O. The minimum atomic E-state index is 0.138. The minimum absolute atomic E-state index is 0.138. The lowest BCUT2D eigenvalue weighted by Gasteiger charge is -2.24. The molecule has 24 heavy (non-hydrogen) atoms. The molecule has 0 aliphatic heterocycles. The Kier molecular flexibility index (Phi) is 6.82. The Morgan fingerprint density at radius 1 is 1.29 bits per heavy atom. The Labute approximate surface area is 148 Å². The summed E-state index contributed by atoms with van der Waals surface area (Å²) in [6, 6.07) is 7.67. The summed E-state index contributed by atoms with van der Waals surface area (Å²) in [6.07, 6.45) is 2.83. The number of aromatic amines is 1. The van der Waals surface area contributed by atoms with Crippen LogP contribution in [0.25, 0.3) is 0 Å². The number of nitrogens with zero attached hydrogens (tertiary/aromatic N) is 3. The van der Waals surface area contributed by atoms with Crippen LogP contribution < -0.4 is 0 Å². The Hall–Kier alpha value is -1.85. The van der Waals surface area contributed by atoms with Crippen molar-refractivity contribution >= 4 is 17.5 Å². The van der Waals surface area contributed by atoms with Gasteiger partial charge in [0.05, 0.1) is 18.6 Å². The van der Waals surface area contributed by atoms with Crippen LogP contribution in [0.4, 0.5) is 0 Å². The number of imidazole rings is 1. The largest absolute Gasteiger partial charge is 0.348 e. The maximum absolute atomic E-state index is 12.7. The van der Waals surface area contributed by atoms with E-state index in [1.54, 1.807) is 6.33 Å². The maximum Gasteiger partial charge on any atom is 0.223 e. The molecule has 130 valence electrons. The first kappa shape index (κ1) is 18.5. The number of carbonyl (C=O) groups is 1. The number of amides is 1. The lowest BCUT2D eigenvalue weighted by atomic mass is 10.1. The Morgan fingerprint density at radius 2 is 2.08 bits per heavy atom. The molecule has 0 aliphatic carbocycles. The number of aromatic nitrogens is 2. The highest BCUT2D eigenvalue weighted by Gasteiger charge is 2.16. The molecule has 0 fully saturated rings. The third-order valence-corrected chi connectivity index (χ3v) is 4.20. The average Bonchev–Trinajstić information content (AvgIpc) is 2.94. The third kappa shape index (κ3) is 5.65. The summed E-state index contributed by atoms with van der Waals surface area (Å²) in [4.78, 5) is 24.0. The van der Waals surface area contributed by atoms with Crippen LogP contribution >= 0.6 is 11.6 Å². The van der Waals surface area contributed by atoms with Gasteiger partial charge in [-0.2, -0.15) is 0 Å². The fourth-order valence-corrected chi connectivity index (χ4v) is 2.65. The molecule has 0 aliphatic rings. The van der Waals surface area contributed by atoms with E-state index in [0.29, 0.717) is 31.0 Å². The molecule has 0 bridgehead atoms. The van der Waals surface area contributed by atoms with E-state index in [2.05, 4.69) is 14.9 Å². The Bertz CT molecular complexity index is 669. The summed E-state index contributed by atoms with van der Waals surface area (Å²) < 4.78 is 0. The smallest absolute Gasteiger partial charge is 0.223 e. The average molecular weight is 349 g/mol. The van der Waals surface area contributed by atoms with Gasteiger partial charge >= 0.3 is 0 Å². The maximum atomic E-state index is 12.7. The normalized spacial score (nSPS) is 11.0. The van der Waals surface area contributed by atoms with E-state index in [4.69, 9.17) is 11.6 Å². The van der Waals surface area contributed by atoms with Crippen molar-refractivity contribution in [3.05, 3.63) is 52.6 Å². The number of carbonyl (C=O) groups excluding carboxylic acids is 1. The van der Waals surface area contributed by atoms with Crippen LogP contribution in [0.2, 0.25) is 5.02 Å². The first-order valence-electron chi connectivity index (χ1n) is 8.11. The molecule has 1 heterocycles. The number of rotatable bonds is 8. The number of benzene rings is 1. The van der Waals surface area contributed by atoms with E-state index >= 15 is 0 Å². The number of halogens is 1. The molecule has 0 unspecified atom stereocenters. The molecule has 1 amide bonds. The molecule has 0 atom stereocenters. The highest BCUT2D eigenvalue weighted by Crippen LogP contribution is 2.14. The molecular weight excluding hydrogens is 324 g/mol. The van der Waals surface area contributed by atoms with E-state index in [-0.39, 0.29) is 5.91 Å². The second-order valence-electron chi connectivity index (χ2n) is 6.22. The Balaban J connectivity index is 1.99. The molecule has 0 saturated carbocycles. The third-order valence-electron chi connectivity index (χ3n) is 3.96. The van der Waals surface area contributed by atoms with Gasteiger partial charge in [-0.25, -0.2) is 4.98 Å². The van der Waals surface area contributed by atoms with Crippen LogP contribution in [0.3, 0.4) is 0 Å². The van der Waals surface area contributed by atoms with Crippen molar-refractivity contribution in [2.75, 3.05) is 27.2 Å². The lowest BCUT2D eigenvalue weighted by Crippen LogP contribution is -2.36. The SMILES string of the molecule is Cc1[nH]cnc1CN(CCN(C)C)C(=O)CCc1cccc(Cl)c1. The summed E-state index contributed by atoms with van der Waals surface area (Å²) in [5.74, 6) is 0.138. The van der Waals surface area contributed by atoms with E-state index in [0.717, 1.165) is 23.5 Å². The summed E-state index contributed by atoms with van der Waals surface area (Å²) >= 11 is 6.01. The second kappa shape index (κ2) is 8.85. The fourth-order valence-electron chi connectivity index (χ4n) is 2.44. The van der Waals surface area contributed by atoms with Gasteiger partial charge in [0.25, 0.3) is 0 Å². The van der Waals surface area contributed by atoms with Gasteiger partial charge in [0.2, 0.25) is 5.91 Å². The van der Waals surface area contributed by atoms with E-state index in [1.165, 1.54) is 0 Å². The first-order valence-corrected chi connectivity index (χ1v) is 8.49. The minimum Gasteiger partial charge on any atom is -0.348 e. The summed E-state index contributed by atoms with van der Waals surface area (Å²) in [5, 5.41) is 0.705. The van der Waals surface area contributed by atoms with Crippen LogP contribution in [0.15, 0.2) is 30.6 Å². The van der Waals surface area contributed by atoms with Gasteiger partial charge in [-0.05, 0) is 45.1 Å². The molecule has 1 N–H and O–H groups in total. The predicted octanol–water partition coefficient (Wildman–Crippen LogP) is 2.89. The molecule has 1 aromatic carbocycles. The molecule has 0 spiro atoms. The molecule has 1 aromatic heterocycles. The van der Waals surface area contributed by atoms with Gasteiger partial charge in [0.15, 0.2) is 0 Å². The van der Waals surface area contributed by atoms with Crippen molar-refractivity contribution in [3.8, 4) is 0 Å². The number of hydrogen-bond donors (Lipinski definition) is 1. The van der Waals surface area contributed by atoms with Gasteiger partial charge in [-0.3, -0.25) is 4.79 Å². The van der Waals surface area contributed by atoms with Crippen molar-refractivity contribution in [2.24, 2.45) is 0 Å². The molecule has 0 saturated heterocycles. The molecule has 2 rings (SSSR count). The summed E-state index contributed by atoms with van der Waals surface area (Å²) in [7, 11) is 4.02. The van der Waals surface area contributed by atoms with E-state index in [9.17, 15) is 4.79 Å². The van der Waals surface area contributed by atoms with Gasteiger partial charge in [-0.1, -0.05) is 23.7 Å². The van der Waals surface area contributed by atoms with Crippen LogP contribution in [0, 0.1) is 6.92 Å². The number of likely N-dealkylation sites (N-methyl/N-ethyl adjacent to an activating group) is 1. The number of hydrogen-bond acceptors (Lipinski definition) is 3. The van der Waals surface area contributed by atoms with Crippen LogP contribution in [-0.4, -0.2) is 52.9 Å². The molecule has 6 heteroatoms. The van der Waals surface area contributed by atoms with Crippen molar-refractivity contribution in [2.45, 2.75) is 26.3 Å². The lowest BCUT2D eigenvalue weighted by molar-refractivity contribution is -0.132. The molecule has 0 radical (unpaired) electrons.